The Kier molecular flexibility index (Phi) is 4.37. The first-order valence-electron chi connectivity index (χ1n) is 6.16. The summed E-state index contributed by atoms with van der Waals surface area (Å²) in [5, 5.41) is 11.9. The lowest BCUT2D eigenvalue weighted by Gasteiger charge is -2.12. The normalized spacial score (nSPS) is 10.2. The van der Waals surface area contributed by atoms with E-state index in [0.717, 1.165) is 4.47 Å². The predicted octanol–water partition coefficient (Wildman–Crippen LogP) is 3.41. The zero-order valence-electron chi connectivity index (χ0n) is 11.5. The highest BCUT2D eigenvalue weighted by Crippen LogP contribution is 2.20. The standard InChI is InChI=1S/C15H13BrN2O3/c1-8-3-4-9(2)13(15(20)21)12(8)14(19)18-11-6-5-10(16)7-17-11/h3-7H,1-2H3,(H,20,21)(H,17,18,19). The van der Waals surface area contributed by atoms with Crippen molar-refractivity contribution in [1.29, 1.82) is 0 Å². The van der Waals surface area contributed by atoms with Crippen LogP contribution in [0.3, 0.4) is 0 Å². The first-order chi connectivity index (χ1) is 9.90. The van der Waals surface area contributed by atoms with Gasteiger partial charge in [0.25, 0.3) is 5.91 Å². The Balaban J connectivity index is 2.41. The van der Waals surface area contributed by atoms with E-state index in [4.69, 9.17) is 0 Å². The molecule has 1 aromatic carbocycles. The molecule has 2 N–H and O–H groups in total. The zero-order chi connectivity index (χ0) is 15.6. The van der Waals surface area contributed by atoms with Gasteiger partial charge in [-0.3, -0.25) is 4.79 Å². The highest BCUT2D eigenvalue weighted by molar-refractivity contribution is 9.10. The lowest BCUT2D eigenvalue weighted by Crippen LogP contribution is -2.19. The van der Waals surface area contributed by atoms with Crippen LogP contribution in [0.2, 0.25) is 0 Å². The summed E-state index contributed by atoms with van der Waals surface area (Å²) in [5.74, 6) is -1.24. The van der Waals surface area contributed by atoms with Crippen LogP contribution >= 0.6 is 15.9 Å². The summed E-state index contributed by atoms with van der Waals surface area (Å²) >= 11 is 3.26. The molecule has 1 aromatic heterocycles. The Labute approximate surface area is 130 Å². The molecule has 0 unspecified atom stereocenters. The van der Waals surface area contributed by atoms with E-state index in [1.807, 2.05) is 0 Å². The summed E-state index contributed by atoms with van der Waals surface area (Å²) in [5.41, 5.74) is 1.33. The lowest BCUT2D eigenvalue weighted by molar-refractivity contribution is 0.0691. The Morgan fingerprint density at radius 1 is 1.10 bits per heavy atom. The van der Waals surface area contributed by atoms with Crippen LogP contribution in [0.15, 0.2) is 34.9 Å². The molecular formula is C15H13BrN2O3. The number of nitrogens with zero attached hydrogens (tertiary/aromatic N) is 1. The fourth-order valence-corrected chi connectivity index (χ4v) is 2.24. The largest absolute Gasteiger partial charge is 0.478 e. The summed E-state index contributed by atoms with van der Waals surface area (Å²) in [7, 11) is 0. The summed E-state index contributed by atoms with van der Waals surface area (Å²) in [6.07, 6.45) is 1.55. The highest BCUT2D eigenvalue weighted by Gasteiger charge is 2.21. The van der Waals surface area contributed by atoms with Crippen LogP contribution in [0, 0.1) is 13.8 Å². The number of hydrogen-bond donors (Lipinski definition) is 2. The number of carboxylic acids is 1. The van der Waals surface area contributed by atoms with E-state index < -0.39 is 11.9 Å². The lowest BCUT2D eigenvalue weighted by atomic mass is 9.96. The third-order valence-corrected chi connectivity index (χ3v) is 3.50. The number of amides is 1. The van der Waals surface area contributed by atoms with Crippen LogP contribution < -0.4 is 5.32 Å². The molecule has 0 bridgehead atoms. The number of halogens is 1. The van der Waals surface area contributed by atoms with E-state index in [2.05, 4.69) is 26.2 Å². The van der Waals surface area contributed by atoms with Crippen molar-refractivity contribution in [2.24, 2.45) is 0 Å². The minimum atomic E-state index is -1.12. The molecule has 0 atom stereocenters. The van der Waals surface area contributed by atoms with Crippen LogP contribution in [-0.2, 0) is 0 Å². The second-order valence-electron chi connectivity index (χ2n) is 4.57. The van der Waals surface area contributed by atoms with Gasteiger partial charge >= 0.3 is 5.97 Å². The predicted molar refractivity (Wildman–Crippen MR) is 82.8 cm³/mol. The van der Waals surface area contributed by atoms with Crippen LogP contribution in [0.5, 0.6) is 0 Å². The molecular weight excluding hydrogens is 336 g/mol. The molecule has 21 heavy (non-hydrogen) atoms. The number of aryl methyl sites for hydroxylation is 2. The molecule has 0 saturated carbocycles. The maximum Gasteiger partial charge on any atom is 0.336 e. The number of pyridine rings is 1. The molecule has 0 radical (unpaired) electrons. The van der Waals surface area contributed by atoms with Crippen molar-refractivity contribution in [3.63, 3.8) is 0 Å². The van der Waals surface area contributed by atoms with Gasteiger partial charge in [-0.2, -0.15) is 0 Å². The number of aromatic nitrogens is 1. The van der Waals surface area contributed by atoms with Crippen LogP contribution in [0.25, 0.3) is 0 Å². The number of carbonyl (C=O) groups is 2. The summed E-state index contributed by atoms with van der Waals surface area (Å²) in [6, 6.07) is 6.79. The minimum absolute atomic E-state index is 0.0182. The molecule has 5 nitrogen and oxygen atoms in total. The SMILES string of the molecule is Cc1ccc(C)c(C(=O)Nc2ccc(Br)cn2)c1C(=O)O. The monoisotopic (exact) mass is 348 g/mol. The van der Waals surface area contributed by atoms with Crippen LogP contribution in [0.4, 0.5) is 5.82 Å². The number of benzene rings is 1. The van der Waals surface area contributed by atoms with Gasteiger partial charge in [-0.05, 0) is 53.0 Å². The quantitative estimate of drug-likeness (QED) is 0.890. The Morgan fingerprint density at radius 2 is 1.71 bits per heavy atom. The summed E-state index contributed by atoms with van der Waals surface area (Å²) < 4.78 is 0.790. The average Bonchev–Trinajstić information content (AvgIpc) is 2.43. The molecule has 0 saturated heterocycles. The highest BCUT2D eigenvalue weighted by atomic mass is 79.9. The fourth-order valence-electron chi connectivity index (χ4n) is 2.01. The molecule has 0 aliphatic carbocycles. The molecule has 6 heteroatoms. The number of carbonyl (C=O) groups excluding carboxylic acids is 1. The number of aromatic carboxylic acids is 1. The molecule has 0 fully saturated rings. The van der Waals surface area contributed by atoms with Crippen molar-refractivity contribution in [1.82, 2.24) is 4.98 Å². The van der Waals surface area contributed by atoms with E-state index >= 15 is 0 Å². The Morgan fingerprint density at radius 3 is 2.24 bits per heavy atom. The van der Waals surface area contributed by atoms with Gasteiger partial charge in [0.1, 0.15) is 5.82 Å². The zero-order valence-corrected chi connectivity index (χ0v) is 13.1. The van der Waals surface area contributed by atoms with E-state index in [1.54, 1.807) is 44.3 Å². The van der Waals surface area contributed by atoms with Gasteiger partial charge in [-0.25, -0.2) is 9.78 Å². The third-order valence-electron chi connectivity index (χ3n) is 3.03. The first kappa shape index (κ1) is 15.2. The van der Waals surface area contributed by atoms with Gasteiger partial charge < -0.3 is 10.4 Å². The van der Waals surface area contributed by atoms with E-state index in [9.17, 15) is 14.7 Å². The third kappa shape index (κ3) is 3.28. The van der Waals surface area contributed by atoms with Crippen LogP contribution in [0.1, 0.15) is 31.8 Å². The van der Waals surface area contributed by atoms with Crippen molar-refractivity contribution in [3.05, 3.63) is 57.2 Å². The molecule has 1 heterocycles. The molecule has 1 amide bonds. The second-order valence-corrected chi connectivity index (χ2v) is 5.49. The van der Waals surface area contributed by atoms with Gasteiger partial charge in [0.05, 0.1) is 11.1 Å². The number of nitrogens with one attached hydrogen (secondary N) is 1. The molecule has 0 aliphatic rings. The van der Waals surface area contributed by atoms with Gasteiger partial charge in [0.2, 0.25) is 0 Å². The van der Waals surface area contributed by atoms with E-state index in [1.165, 1.54) is 0 Å². The molecule has 0 spiro atoms. The maximum atomic E-state index is 12.4. The average molecular weight is 349 g/mol. The van der Waals surface area contributed by atoms with Gasteiger partial charge in [0, 0.05) is 10.7 Å². The van der Waals surface area contributed by atoms with Crippen molar-refractivity contribution in [2.45, 2.75) is 13.8 Å². The van der Waals surface area contributed by atoms with Gasteiger partial charge in [0.15, 0.2) is 0 Å². The van der Waals surface area contributed by atoms with Crippen molar-refractivity contribution in [2.75, 3.05) is 5.32 Å². The number of hydrogen-bond acceptors (Lipinski definition) is 3. The first-order valence-corrected chi connectivity index (χ1v) is 6.96. The topological polar surface area (TPSA) is 79.3 Å². The second kappa shape index (κ2) is 6.05. The molecule has 2 aromatic rings. The maximum absolute atomic E-state index is 12.4. The van der Waals surface area contributed by atoms with E-state index in [-0.39, 0.29) is 11.1 Å². The van der Waals surface area contributed by atoms with Gasteiger partial charge in [-0.1, -0.05) is 12.1 Å². The van der Waals surface area contributed by atoms with Gasteiger partial charge in [-0.15, -0.1) is 0 Å². The number of carboxylic acid groups (broad SMARTS) is 1. The summed E-state index contributed by atoms with van der Waals surface area (Å²) in [6.45, 7) is 3.37. The smallest absolute Gasteiger partial charge is 0.336 e. The number of anilines is 1. The molecule has 2 rings (SSSR count). The summed E-state index contributed by atoms with van der Waals surface area (Å²) in [4.78, 5) is 27.8. The van der Waals surface area contributed by atoms with Crippen molar-refractivity contribution < 1.29 is 14.7 Å². The fraction of sp³-hybridized carbons (Fsp3) is 0.133. The van der Waals surface area contributed by atoms with Crippen molar-refractivity contribution in [3.8, 4) is 0 Å². The van der Waals surface area contributed by atoms with E-state index in [0.29, 0.717) is 16.9 Å². The minimum Gasteiger partial charge on any atom is -0.478 e. The molecule has 108 valence electrons. The Hall–Kier alpha value is -2.21. The molecule has 0 aliphatic heterocycles. The number of rotatable bonds is 3. The van der Waals surface area contributed by atoms with Crippen molar-refractivity contribution >= 4 is 33.6 Å². The Bertz CT molecular complexity index is 712. The van der Waals surface area contributed by atoms with Crippen LogP contribution in [-0.4, -0.2) is 22.0 Å².